The fourth-order valence-corrected chi connectivity index (χ4v) is 6.68. The number of hydrogen-bond donors (Lipinski definition) is 1. The molecule has 1 N–H and O–H groups in total. The van der Waals surface area contributed by atoms with E-state index in [1.165, 1.54) is 0 Å². The van der Waals surface area contributed by atoms with Crippen LogP contribution in [0.15, 0.2) is 51.8 Å². The second-order valence-electron chi connectivity index (χ2n) is 7.51. The summed E-state index contributed by atoms with van der Waals surface area (Å²) in [6.45, 7) is 4.21. The Hall–Kier alpha value is -1.37. The largest absolute Gasteiger partial charge is 0.496 e. The Labute approximate surface area is 176 Å². The summed E-state index contributed by atoms with van der Waals surface area (Å²) in [6, 6.07) is 13.4. The maximum atomic E-state index is 13.5. The van der Waals surface area contributed by atoms with Crippen molar-refractivity contribution in [2.75, 3.05) is 12.9 Å². The molecule has 0 aliphatic carbocycles. The molecule has 0 saturated heterocycles. The lowest BCUT2D eigenvalue weighted by molar-refractivity contribution is 0.295. The highest BCUT2D eigenvalue weighted by atomic mass is 79.9. The van der Waals surface area contributed by atoms with Crippen molar-refractivity contribution in [3.63, 3.8) is 0 Å². The van der Waals surface area contributed by atoms with E-state index in [0.717, 1.165) is 41.3 Å². The van der Waals surface area contributed by atoms with Crippen molar-refractivity contribution in [3.05, 3.63) is 58.1 Å². The van der Waals surface area contributed by atoms with Crippen molar-refractivity contribution in [3.8, 4) is 5.75 Å². The molecule has 6 heteroatoms. The predicted octanol–water partition coefficient (Wildman–Crippen LogP) is 5.26. The second-order valence-corrected chi connectivity index (χ2v) is 10.3. The fraction of sp³-hybridized carbons (Fsp3) is 0.455. The first-order valence-electron chi connectivity index (χ1n) is 9.78. The molecule has 0 bridgehead atoms. The molecular weight excluding hydrogens is 438 g/mol. The standard InChI is InChI=1S/C22H28BrNO3S/c1-4-6-12-22(5-2)15-28(25,26)20-14-19(27-3)18(23)13-17(20)21(24-22)16-10-8-7-9-11-16/h7-11,13-14,21,24H,4-6,12,15H2,1-3H3/t21?,22-/m1/s1. The van der Waals surface area contributed by atoms with Crippen LogP contribution in [0.1, 0.15) is 56.7 Å². The molecule has 0 spiro atoms. The molecule has 0 fully saturated rings. The Morgan fingerprint density at radius 2 is 1.93 bits per heavy atom. The fourth-order valence-electron chi connectivity index (χ4n) is 4.02. The number of fused-ring (bicyclic) bond motifs is 1. The van der Waals surface area contributed by atoms with Crippen LogP contribution in [0.25, 0.3) is 0 Å². The van der Waals surface area contributed by atoms with Crippen molar-refractivity contribution in [2.45, 2.75) is 56.0 Å². The van der Waals surface area contributed by atoms with Crippen LogP contribution in [-0.4, -0.2) is 26.8 Å². The lowest BCUT2D eigenvalue weighted by atomic mass is 9.88. The highest BCUT2D eigenvalue weighted by Crippen LogP contribution is 2.41. The number of unbranched alkanes of at least 4 members (excludes halogenated alkanes) is 1. The smallest absolute Gasteiger partial charge is 0.180 e. The van der Waals surface area contributed by atoms with Crippen molar-refractivity contribution in [1.82, 2.24) is 5.32 Å². The first kappa shape index (κ1) is 21.3. The number of halogens is 1. The Balaban J connectivity index is 2.25. The maximum absolute atomic E-state index is 13.5. The van der Waals surface area contributed by atoms with Crippen LogP contribution in [0.4, 0.5) is 0 Å². The van der Waals surface area contributed by atoms with E-state index in [-0.39, 0.29) is 11.8 Å². The SMILES string of the molecule is CCCC[C@]1(CC)CS(=O)(=O)c2cc(OC)c(Br)cc2C(c2ccccc2)N1. The number of nitrogens with one attached hydrogen (secondary N) is 1. The summed E-state index contributed by atoms with van der Waals surface area (Å²) in [7, 11) is -1.93. The normalized spacial score (nSPS) is 23.6. The Morgan fingerprint density at radius 3 is 2.54 bits per heavy atom. The van der Waals surface area contributed by atoms with Crippen LogP contribution in [0.5, 0.6) is 5.75 Å². The molecule has 0 aromatic heterocycles. The molecule has 1 aliphatic heterocycles. The number of methoxy groups -OCH3 is 1. The Kier molecular flexibility index (Phi) is 6.52. The number of rotatable bonds is 6. The predicted molar refractivity (Wildman–Crippen MR) is 117 cm³/mol. The minimum atomic E-state index is -3.48. The summed E-state index contributed by atoms with van der Waals surface area (Å²) in [5.41, 5.74) is 1.37. The van der Waals surface area contributed by atoms with Gasteiger partial charge in [-0.2, -0.15) is 0 Å². The van der Waals surface area contributed by atoms with Gasteiger partial charge in [-0.25, -0.2) is 8.42 Å². The first-order valence-corrected chi connectivity index (χ1v) is 12.2. The molecule has 4 nitrogen and oxygen atoms in total. The average Bonchev–Trinajstić information content (AvgIpc) is 2.79. The van der Waals surface area contributed by atoms with Crippen molar-refractivity contribution in [2.24, 2.45) is 0 Å². The van der Waals surface area contributed by atoms with Crippen LogP contribution in [-0.2, 0) is 9.84 Å². The van der Waals surface area contributed by atoms with Gasteiger partial charge in [0.1, 0.15) is 5.75 Å². The van der Waals surface area contributed by atoms with E-state index in [4.69, 9.17) is 4.74 Å². The van der Waals surface area contributed by atoms with E-state index in [1.54, 1.807) is 13.2 Å². The second kappa shape index (κ2) is 8.56. The molecule has 0 saturated carbocycles. The van der Waals surface area contributed by atoms with E-state index in [1.807, 2.05) is 24.3 Å². The Bertz CT molecular complexity index is 930. The van der Waals surface area contributed by atoms with Gasteiger partial charge in [-0.3, -0.25) is 5.32 Å². The Morgan fingerprint density at radius 1 is 1.21 bits per heavy atom. The third kappa shape index (κ3) is 4.14. The molecule has 0 radical (unpaired) electrons. The van der Waals surface area contributed by atoms with E-state index in [2.05, 4.69) is 47.2 Å². The summed E-state index contributed by atoms with van der Waals surface area (Å²) < 4.78 is 33.1. The van der Waals surface area contributed by atoms with E-state index in [0.29, 0.717) is 10.6 Å². The summed E-state index contributed by atoms with van der Waals surface area (Å²) in [4.78, 5) is 0.362. The van der Waals surface area contributed by atoms with Gasteiger partial charge in [0.25, 0.3) is 0 Å². The van der Waals surface area contributed by atoms with Crippen molar-refractivity contribution in [1.29, 1.82) is 0 Å². The summed E-state index contributed by atoms with van der Waals surface area (Å²) in [6.07, 6.45) is 3.60. The maximum Gasteiger partial charge on any atom is 0.180 e. The topological polar surface area (TPSA) is 55.4 Å². The first-order chi connectivity index (χ1) is 13.4. The number of hydrogen-bond acceptors (Lipinski definition) is 4. The molecule has 28 heavy (non-hydrogen) atoms. The highest BCUT2D eigenvalue weighted by molar-refractivity contribution is 9.10. The molecule has 2 aromatic rings. The molecule has 1 unspecified atom stereocenters. The summed E-state index contributed by atoms with van der Waals surface area (Å²) in [5, 5.41) is 3.77. The zero-order valence-corrected chi connectivity index (χ0v) is 19.1. The van der Waals surface area contributed by atoms with E-state index >= 15 is 0 Å². The van der Waals surface area contributed by atoms with Gasteiger partial charge < -0.3 is 4.74 Å². The van der Waals surface area contributed by atoms with E-state index < -0.39 is 15.4 Å². The van der Waals surface area contributed by atoms with Gasteiger partial charge in [-0.1, -0.05) is 57.0 Å². The third-order valence-electron chi connectivity index (χ3n) is 5.67. The lowest BCUT2D eigenvalue weighted by Gasteiger charge is -2.36. The van der Waals surface area contributed by atoms with Gasteiger partial charge >= 0.3 is 0 Å². The van der Waals surface area contributed by atoms with Gasteiger partial charge in [-0.05, 0) is 46.0 Å². The van der Waals surface area contributed by atoms with E-state index in [9.17, 15) is 8.42 Å². The minimum absolute atomic E-state index is 0.0949. The van der Waals surface area contributed by atoms with Crippen LogP contribution in [0.3, 0.4) is 0 Å². The summed E-state index contributed by atoms with van der Waals surface area (Å²) in [5.74, 6) is 0.629. The highest BCUT2D eigenvalue weighted by Gasteiger charge is 2.42. The van der Waals surface area contributed by atoms with Gasteiger partial charge in [0.15, 0.2) is 9.84 Å². The van der Waals surface area contributed by atoms with Crippen LogP contribution >= 0.6 is 15.9 Å². The van der Waals surface area contributed by atoms with Crippen LogP contribution in [0.2, 0.25) is 0 Å². The zero-order chi connectivity index (χ0) is 20.4. The molecule has 1 aliphatic rings. The number of ether oxygens (including phenoxy) is 1. The minimum Gasteiger partial charge on any atom is -0.496 e. The molecule has 0 amide bonds. The zero-order valence-electron chi connectivity index (χ0n) is 16.7. The molecule has 2 aromatic carbocycles. The molecule has 1 heterocycles. The molecule has 2 atom stereocenters. The van der Waals surface area contributed by atoms with Crippen LogP contribution in [0, 0.1) is 0 Å². The number of benzene rings is 2. The van der Waals surface area contributed by atoms with Crippen LogP contribution < -0.4 is 10.1 Å². The number of sulfone groups is 1. The van der Waals surface area contributed by atoms with Gasteiger partial charge in [0.2, 0.25) is 0 Å². The molecule has 152 valence electrons. The van der Waals surface area contributed by atoms with Gasteiger partial charge in [0.05, 0.1) is 28.3 Å². The van der Waals surface area contributed by atoms with Crippen molar-refractivity contribution < 1.29 is 13.2 Å². The van der Waals surface area contributed by atoms with Gasteiger partial charge in [-0.15, -0.1) is 0 Å². The average molecular weight is 466 g/mol. The summed E-state index contributed by atoms with van der Waals surface area (Å²) >= 11 is 3.54. The van der Waals surface area contributed by atoms with Crippen molar-refractivity contribution >= 4 is 25.8 Å². The van der Waals surface area contributed by atoms with Gasteiger partial charge in [0, 0.05) is 11.6 Å². The monoisotopic (exact) mass is 465 g/mol. The lowest BCUT2D eigenvalue weighted by Crippen LogP contribution is -2.50. The molecular formula is C22H28BrNO3S. The third-order valence-corrected chi connectivity index (χ3v) is 8.24. The quantitative estimate of drug-likeness (QED) is 0.631. The molecule has 3 rings (SSSR count).